The van der Waals surface area contributed by atoms with Crippen molar-refractivity contribution >= 4 is 16.9 Å². The van der Waals surface area contributed by atoms with Crippen molar-refractivity contribution in [2.45, 2.75) is 32.7 Å². The van der Waals surface area contributed by atoms with E-state index in [1.54, 1.807) is 18.4 Å². The van der Waals surface area contributed by atoms with Gasteiger partial charge in [-0.3, -0.25) is 9.89 Å². The lowest BCUT2D eigenvalue weighted by molar-refractivity contribution is 0.0724. The molecule has 1 aliphatic rings. The van der Waals surface area contributed by atoms with Crippen molar-refractivity contribution in [1.29, 1.82) is 0 Å². The predicted molar refractivity (Wildman–Crippen MR) is 105 cm³/mol. The Labute approximate surface area is 161 Å². The second-order valence-corrected chi connectivity index (χ2v) is 7.38. The number of benzene rings is 1. The van der Waals surface area contributed by atoms with Gasteiger partial charge < -0.3 is 14.3 Å². The van der Waals surface area contributed by atoms with Gasteiger partial charge in [0.2, 0.25) is 0 Å². The highest BCUT2D eigenvalue weighted by Crippen LogP contribution is 2.33. The minimum Gasteiger partial charge on any atom is -0.463 e. The molecule has 0 saturated carbocycles. The molecule has 0 spiro atoms. The lowest BCUT2D eigenvalue weighted by Crippen LogP contribution is -2.31. The van der Waals surface area contributed by atoms with Gasteiger partial charge in [0, 0.05) is 12.6 Å². The molecule has 4 aromatic rings. The van der Waals surface area contributed by atoms with Crippen LogP contribution in [0.15, 0.2) is 41.0 Å². The van der Waals surface area contributed by atoms with Gasteiger partial charge in [-0.25, -0.2) is 4.98 Å². The highest BCUT2D eigenvalue weighted by Gasteiger charge is 2.34. The second-order valence-electron chi connectivity index (χ2n) is 7.38. The minimum absolute atomic E-state index is 0.0655. The molecule has 0 bridgehead atoms. The van der Waals surface area contributed by atoms with Crippen molar-refractivity contribution in [3.63, 3.8) is 0 Å². The maximum absolute atomic E-state index is 13.1. The van der Waals surface area contributed by atoms with Gasteiger partial charge >= 0.3 is 0 Å². The summed E-state index contributed by atoms with van der Waals surface area (Å²) in [4.78, 5) is 23.2. The van der Waals surface area contributed by atoms with Crippen LogP contribution in [0.2, 0.25) is 0 Å². The summed E-state index contributed by atoms with van der Waals surface area (Å²) in [5.41, 5.74) is 5.48. The average Bonchev–Trinajstić information content (AvgIpc) is 3.45. The Kier molecular flexibility index (Phi) is 3.82. The molecule has 3 aromatic heterocycles. The molecule has 1 fully saturated rings. The molecule has 7 nitrogen and oxygen atoms in total. The maximum atomic E-state index is 13.1. The van der Waals surface area contributed by atoms with Gasteiger partial charge in [0.1, 0.15) is 11.5 Å². The quantitative estimate of drug-likeness (QED) is 0.563. The van der Waals surface area contributed by atoms with Crippen LogP contribution < -0.4 is 0 Å². The Morgan fingerprint density at radius 1 is 1.25 bits per heavy atom. The van der Waals surface area contributed by atoms with E-state index < -0.39 is 0 Å². The van der Waals surface area contributed by atoms with Crippen LogP contribution in [-0.2, 0) is 0 Å². The largest absolute Gasteiger partial charge is 0.463 e. The molecule has 0 radical (unpaired) electrons. The number of aryl methyl sites for hydroxylation is 2. The molecule has 1 atom stereocenters. The van der Waals surface area contributed by atoms with Crippen LogP contribution in [0.3, 0.4) is 0 Å². The average molecular weight is 375 g/mol. The number of hydrogen-bond acceptors (Lipinski definition) is 4. The molecule has 1 aliphatic heterocycles. The number of aromatic amines is 2. The normalized spacial score (nSPS) is 16.9. The zero-order valence-electron chi connectivity index (χ0n) is 15.8. The highest BCUT2D eigenvalue weighted by atomic mass is 16.3. The molecular formula is C21H21N5O2. The minimum atomic E-state index is -0.0932. The molecule has 2 N–H and O–H groups in total. The first-order valence-corrected chi connectivity index (χ1v) is 9.47. The molecule has 28 heavy (non-hydrogen) atoms. The molecule has 1 aromatic carbocycles. The molecule has 5 rings (SSSR count). The van der Waals surface area contributed by atoms with E-state index in [0.29, 0.717) is 23.7 Å². The summed E-state index contributed by atoms with van der Waals surface area (Å²) in [7, 11) is 0. The standard InChI is InChI=1S/C21H21N5O2/c1-12-9-14-15(10-13(12)2)23-20(22-14)18-5-3-7-26(18)21(27)17-11-16(24-25-17)19-6-4-8-28-19/h4,6,8-11,18H,3,5,7H2,1-2H3,(H,22,23)(H,24,25). The predicted octanol–water partition coefficient (Wildman–Crippen LogP) is 4.14. The summed E-state index contributed by atoms with van der Waals surface area (Å²) in [6.07, 6.45) is 3.43. The monoisotopic (exact) mass is 375 g/mol. The van der Waals surface area contributed by atoms with Gasteiger partial charge in [0.05, 0.1) is 23.3 Å². The SMILES string of the molecule is Cc1cc2nc(C3CCCN3C(=O)c3cc(-c4ccco4)[nH]n3)[nH]c2cc1C. The van der Waals surface area contributed by atoms with E-state index in [2.05, 4.69) is 41.2 Å². The Balaban J connectivity index is 1.44. The summed E-state index contributed by atoms with van der Waals surface area (Å²) in [6.45, 7) is 4.87. The highest BCUT2D eigenvalue weighted by molar-refractivity contribution is 5.93. The van der Waals surface area contributed by atoms with Crippen molar-refractivity contribution in [2.24, 2.45) is 0 Å². The Bertz CT molecular complexity index is 1120. The third-order valence-corrected chi connectivity index (χ3v) is 5.53. The van der Waals surface area contributed by atoms with Crippen molar-refractivity contribution in [3.05, 3.63) is 59.2 Å². The Morgan fingerprint density at radius 3 is 2.93 bits per heavy atom. The fraction of sp³-hybridized carbons (Fsp3) is 0.286. The van der Waals surface area contributed by atoms with E-state index in [0.717, 1.165) is 29.7 Å². The van der Waals surface area contributed by atoms with Crippen LogP contribution in [0.25, 0.3) is 22.5 Å². The van der Waals surface area contributed by atoms with Crippen molar-refractivity contribution < 1.29 is 9.21 Å². The van der Waals surface area contributed by atoms with E-state index in [1.165, 1.54) is 11.1 Å². The van der Waals surface area contributed by atoms with Crippen molar-refractivity contribution in [2.75, 3.05) is 6.54 Å². The summed E-state index contributed by atoms with van der Waals surface area (Å²) < 4.78 is 5.37. The molecule has 0 aliphatic carbocycles. The van der Waals surface area contributed by atoms with Crippen LogP contribution in [0, 0.1) is 13.8 Å². The summed E-state index contributed by atoms with van der Waals surface area (Å²) in [6, 6.07) is 9.52. The van der Waals surface area contributed by atoms with E-state index in [-0.39, 0.29) is 11.9 Å². The lowest BCUT2D eigenvalue weighted by atomic mass is 10.1. The lowest BCUT2D eigenvalue weighted by Gasteiger charge is -2.22. The van der Waals surface area contributed by atoms with Gasteiger partial charge in [0.15, 0.2) is 11.5 Å². The van der Waals surface area contributed by atoms with Gasteiger partial charge in [-0.1, -0.05) is 0 Å². The molecular weight excluding hydrogens is 354 g/mol. The van der Waals surface area contributed by atoms with Crippen LogP contribution in [0.1, 0.15) is 46.3 Å². The second kappa shape index (κ2) is 6.37. The molecule has 1 unspecified atom stereocenters. The van der Waals surface area contributed by atoms with Crippen molar-refractivity contribution in [3.8, 4) is 11.5 Å². The number of rotatable bonds is 3. The number of furan rings is 1. The van der Waals surface area contributed by atoms with Crippen molar-refractivity contribution in [1.82, 2.24) is 25.1 Å². The van der Waals surface area contributed by atoms with Crippen LogP contribution in [0.5, 0.6) is 0 Å². The topological polar surface area (TPSA) is 90.8 Å². The van der Waals surface area contributed by atoms with E-state index in [9.17, 15) is 4.79 Å². The zero-order chi connectivity index (χ0) is 19.3. The van der Waals surface area contributed by atoms with Gasteiger partial charge in [-0.15, -0.1) is 0 Å². The number of fused-ring (bicyclic) bond motifs is 1. The Morgan fingerprint density at radius 2 is 2.11 bits per heavy atom. The summed E-state index contributed by atoms with van der Waals surface area (Å²) >= 11 is 0. The first-order chi connectivity index (χ1) is 13.6. The number of nitrogens with zero attached hydrogens (tertiary/aromatic N) is 3. The third-order valence-electron chi connectivity index (χ3n) is 5.53. The number of carbonyl (C=O) groups is 1. The fourth-order valence-corrected chi connectivity index (χ4v) is 3.88. The van der Waals surface area contributed by atoms with E-state index >= 15 is 0 Å². The van der Waals surface area contributed by atoms with E-state index in [4.69, 9.17) is 9.40 Å². The van der Waals surface area contributed by atoms with Gasteiger partial charge in [0.25, 0.3) is 5.91 Å². The molecule has 7 heteroatoms. The number of H-pyrrole nitrogens is 2. The summed E-state index contributed by atoms with van der Waals surface area (Å²) in [5, 5.41) is 7.09. The first kappa shape index (κ1) is 16.8. The zero-order valence-corrected chi connectivity index (χ0v) is 15.8. The Hall–Kier alpha value is -3.35. The third kappa shape index (κ3) is 2.70. The smallest absolute Gasteiger partial charge is 0.274 e. The van der Waals surface area contributed by atoms with Gasteiger partial charge in [-0.05, 0) is 62.1 Å². The van der Waals surface area contributed by atoms with Gasteiger partial charge in [-0.2, -0.15) is 5.10 Å². The number of amides is 1. The number of likely N-dealkylation sites (tertiary alicyclic amines) is 1. The maximum Gasteiger partial charge on any atom is 0.274 e. The number of aromatic nitrogens is 4. The first-order valence-electron chi connectivity index (χ1n) is 9.47. The number of carbonyl (C=O) groups excluding carboxylic acids is 1. The number of imidazole rings is 1. The molecule has 4 heterocycles. The van der Waals surface area contributed by atoms with Crippen LogP contribution in [0.4, 0.5) is 0 Å². The fourth-order valence-electron chi connectivity index (χ4n) is 3.88. The van der Waals surface area contributed by atoms with Crippen LogP contribution >= 0.6 is 0 Å². The molecule has 142 valence electrons. The number of hydrogen-bond donors (Lipinski definition) is 2. The summed E-state index contributed by atoms with van der Waals surface area (Å²) in [5.74, 6) is 1.41. The number of nitrogens with one attached hydrogen (secondary N) is 2. The van der Waals surface area contributed by atoms with Crippen LogP contribution in [-0.4, -0.2) is 37.5 Å². The molecule has 1 amide bonds. The van der Waals surface area contributed by atoms with E-state index in [1.807, 2.05) is 11.0 Å². The molecule has 1 saturated heterocycles.